The highest BCUT2D eigenvalue weighted by Gasteiger charge is 2.02. The van der Waals surface area contributed by atoms with Crippen molar-refractivity contribution in [2.24, 2.45) is 0 Å². The van der Waals surface area contributed by atoms with Gasteiger partial charge in [0.1, 0.15) is 11.5 Å². The molecule has 0 unspecified atom stereocenters. The van der Waals surface area contributed by atoms with Gasteiger partial charge in [0, 0.05) is 24.8 Å². The van der Waals surface area contributed by atoms with Crippen LogP contribution in [0.4, 0.5) is 0 Å². The number of rotatable bonds is 6. The fraction of sp³-hybridized carbons (Fsp3) is 0. The molecular formula is C18H15BN4O2. The van der Waals surface area contributed by atoms with Crippen LogP contribution >= 0.6 is 0 Å². The van der Waals surface area contributed by atoms with Crippen LogP contribution in [-0.2, 0) is 0 Å². The Balaban J connectivity index is 1.31. The molecule has 0 aliphatic rings. The third kappa shape index (κ3) is 3.55. The maximum atomic E-state index is 5.62. The Labute approximate surface area is 145 Å². The first kappa shape index (κ1) is 15.1. The Morgan fingerprint density at radius 2 is 1.08 bits per heavy atom. The van der Waals surface area contributed by atoms with Gasteiger partial charge in [0.2, 0.25) is 0 Å². The number of aromatic nitrogens is 4. The number of benzene rings is 2. The van der Waals surface area contributed by atoms with Crippen LogP contribution in [-0.4, -0.2) is 27.2 Å². The van der Waals surface area contributed by atoms with Crippen LogP contribution in [0.3, 0.4) is 0 Å². The molecule has 4 rings (SSSR count). The van der Waals surface area contributed by atoms with Crippen molar-refractivity contribution in [3.8, 4) is 22.9 Å². The average Bonchev–Trinajstić information content (AvgIpc) is 3.37. The van der Waals surface area contributed by atoms with Gasteiger partial charge in [-0.25, -0.2) is 9.36 Å². The predicted molar refractivity (Wildman–Crippen MR) is 95.5 cm³/mol. The summed E-state index contributed by atoms with van der Waals surface area (Å²) in [7, 11) is 0.141. The Morgan fingerprint density at radius 1 is 0.640 bits per heavy atom. The third-order valence-corrected chi connectivity index (χ3v) is 3.66. The van der Waals surface area contributed by atoms with Crippen molar-refractivity contribution < 1.29 is 9.31 Å². The maximum absolute atomic E-state index is 5.62. The van der Waals surface area contributed by atoms with Crippen molar-refractivity contribution in [3.63, 3.8) is 0 Å². The maximum Gasteiger partial charge on any atom is 0.576 e. The van der Waals surface area contributed by atoms with Crippen molar-refractivity contribution in [2.75, 3.05) is 0 Å². The van der Waals surface area contributed by atoms with Crippen LogP contribution < -0.4 is 9.31 Å². The monoisotopic (exact) mass is 330 g/mol. The van der Waals surface area contributed by atoms with Gasteiger partial charge < -0.3 is 9.31 Å². The molecule has 4 aromatic rings. The van der Waals surface area contributed by atoms with E-state index in [0.29, 0.717) is 0 Å². The molecule has 25 heavy (non-hydrogen) atoms. The molecule has 122 valence electrons. The minimum absolute atomic E-state index is 0.141. The van der Waals surface area contributed by atoms with Gasteiger partial charge in [0.25, 0.3) is 0 Å². The summed E-state index contributed by atoms with van der Waals surface area (Å²) >= 11 is 0. The van der Waals surface area contributed by atoms with E-state index in [1.54, 1.807) is 21.8 Å². The molecule has 6 nitrogen and oxygen atoms in total. The zero-order valence-electron chi connectivity index (χ0n) is 13.4. The Bertz CT molecular complexity index is 827. The van der Waals surface area contributed by atoms with E-state index in [2.05, 4.69) is 10.2 Å². The quantitative estimate of drug-likeness (QED) is 0.510. The van der Waals surface area contributed by atoms with Crippen molar-refractivity contribution in [1.29, 1.82) is 0 Å². The van der Waals surface area contributed by atoms with Gasteiger partial charge in [-0.1, -0.05) is 0 Å². The highest BCUT2D eigenvalue weighted by molar-refractivity contribution is 6.20. The Morgan fingerprint density at radius 3 is 1.44 bits per heavy atom. The highest BCUT2D eigenvalue weighted by Crippen LogP contribution is 2.16. The molecule has 2 aromatic heterocycles. The Kier molecular flexibility index (Phi) is 4.20. The standard InChI is InChI=1S/C18H15BN4O2/c1-11-20-22(13-1)15-3-7-17(8-4-15)24-19-25-18-9-5-16(6-10-18)23-14-2-12-21-23/h1-14,19H. The van der Waals surface area contributed by atoms with Crippen molar-refractivity contribution >= 4 is 7.69 Å². The number of hydrogen-bond donors (Lipinski definition) is 0. The first-order valence-corrected chi connectivity index (χ1v) is 7.84. The van der Waals surface area contributed by atoms with E-state index in [1.165, 1.54) is 0 Å². The van der Waals surface area contributed by atoms with Crippen LogP contribution in [0.5, 0.6) is 11.5 Å². The lowest BCUT2D eigenvalue weighted by Gasteiger charge is -2.09. The lowest BCUT2D eigenvalue weighted by atomic mass is 10.2. The molecule has 0 atom stereocenters. The second kappa shape index (κ2) is 6.96. The van der Waals surface area contributed by atoms with E-state index >= 15 is 0 Å². The lowest BCUT2D eigenvalue weighted by Crippen LogP contribution is -2.11. The zero-order valence-corrected chi connectivity index (χ0v) is 13.4. The molecular weight excluding hydrogens is 315 g/mol. The summed E-state index contributed by atoms with van der Waals surface area (Å²) in [6, 6.07) is 19.1. The third-order valence-electron chi connectivity index (χ3n) is 3.66. The van der Waals surface area contributed by atoms with Crippen LogP contribution in [0.25, 0.3) is 11.4 Å². The summed E-state index contributed by atoms with van der Waals surface area (Å²) < 4.78 is 14.8. The molecule has 0 spiro atoms. The van der Waals surface area contributed by atoms with Crippen LogP contribution in [0.15, 0.2) is 85.5 Å². The molecule has 0 saturated heterocycles. The van der Waals surface area contributed by atoms with E-state index in [-0.39, 0.29) is 7.69 Å². The molecule has 0 bridgehead atoms. The second-order valence-corrected chi connectivity index (χ2v) is 5.30. The van der Waals surface area contributed by atoms with Crippen molar-refractivity contribution in [1.82, 2.24) is 19.6 Å². The summed E-state index contributed by atoms with van der Waals surface area (Å²) in [4.78, 5) is 0. The fourth-order valence-corrected chi connectivity index (χ4v) is 2.40. The molecule has 0 aliphatic carbocycles. The predicted octanol–water partition coefficient (Wildman–Crippen LogP) is 2.78. The fourth-order valence-electron chi connectivity index (χ4n) is 2.40. The molecule has 0 amide bonds. The van der Waals surface area contributed by atoms with Crippen molar-refractivity contribution in [2.45, 2.75) is 0 Å². The normalized spacial score (nSPS) is 10.4. The van der Waals surface area contributed by atoms with Gasteiger partial charge in [-0.15, -0.1) is 0 Å². The topological polar surface area (TPSA) is 54.1 Å². The zero-order chi connectivity index (χ0) is 16.9. The minimum Gasteiger partial charge on any atom is -0.529 e. The van der Waals surface area contributed by atoms with Gasteiger partial charge in [-0.3, -0.25) is 0 Å². The lowest BCUT2D eigenvalue weighted by molar-refractivity contribution is 0.459. The summed E-state index contributed by atoms with van der Waals surface area (Å²) in [5, 5.41) is 8.38. The smallest absolute Gasteiger partial charge is 0.529 e. The van der Waals surface area contributed by atoms with E-state index in [4.69, 9.17) is 9.31 Å². The first-order chi connectivity index (χ1) is 12.4. The Hall–Kier alpha value is -3.48. The minimum atomic E-state index is 0.141. The largest absolute Gasteiger partial charge is 0.576 e. The molecule has 0 fully saturated rings. The van der Waals surface area contributed by atoms with Crippen LogP contribution in [0.2, 0.25) is 0 Å². The van der Waals surface area contributed by atoms with Gasteiger partial charge in [-0.05, 0) is 60.7 Å². The average molecular weight is 330 g/mol. The molecule has 2 aromatic carbocycles. The molecule has 0 saturated carbocycles. The van der Waals surface area contributed by atoms with E-state index < -0.39 is 0 Å². The SMILES string of the molecule is B(Oc1ccc(-n2cccn2)cc1)Oc1ccc(-n2cccn2)cc1. The molecule has 2 heterocycles. The molecule has 0 radical (unpaired) electrons. The van der Waals surface area contributed by atoms with E-state index in [1.807, 2.05) is 73.1 Å². The van der Waals surface area contributed by atoms with Gasteiger partial charge >= 0.3 is 7.69 Å². The second-order valence-electron chi connectivity index (χ2n) is 5.30. The first-order valence-electron chi connectivity index (χ1n) is 7.84. The highest BCUT2D eigenvalue weighted by atomic mass is 16.6. The molecule has 7 heteroatoms. The van der Waals surface area contributed by atoms with Crippen LogP contribution in [0.1, 0.15) is 0 Å². The number of nitrogens with zero attached hydrogens (tertiary/aromatic N) is 4. The summed E-state index contributed by atoms with van der Waals surface area (Å²) in [6.07, 6.45) is 7.28. The molecule has 0 aliphatic heterocycles. The van der Waals surface area contributed by atoms with Crippen LogP contribution in [0, 0.1) is 0 Å². The van der Waals surface area contributed by atoms with Crippen molar-refractivity contribution in [3.05, 3.63) is 85.5 Å². The number of hydrogen-bond acceptors (Lipinski definition) is 4. The summed E-state index contributed by atoms with van der Waals surface area (Å²) in [5.41, 5.74) is 1.96. The van der Waals surface area contributed by atoms with Gasteiger partial charge in [0.15, 0.2) is 0 Å². The summed E-state index contributed by atoms with van der Waals surface area (Å²) in [5.74, 6) is 1.48. The van der Waals surface area contributed by atoms with E-state index in [9.17, 15) is 0 Å². The van der Waals surface area contributed by atoms with E-state index in [0.717, 1.165) is 22.9 Å². The van der Waals surface area contributed by atoms with Gasteiger partial charge in [0.05, 0.1) is 11.4 Å². The summed E-state index contributed by atoms with van der Waals surface area (Å²) in [6.45, 7) is 0. The molecule has 0 N–H and O–H groups in total. The van der Waals surface area contributed by atoms with Gasteiger partial charge in [-0.2, -0.15) is 10.2 Å².